The Labute approximate surface area is 130 Å². The van der Waals surface area contributed by atoms with E-state index in [2.05, 4.69) is 14.9 Å². The van der Waals surface area contributed by atoms with Crippen LogP contribution in [-0.4, -0.2) is 41.1 Å². The summed E-state index contributed by atoms with van der Waals surface area (Å²) in [7, 11) is 0. The van der Waals surface area contributed by atoms with E-state index < -0.39 is 0 Å². The van der Waals surface area contributed by atoms with Crippen molar-refractivity contribution in [3.8, 4) is 5.75 Å². The SMILES string of the molecule is Cc1cnc(C2CCCN(CCOc3ccc(F)cc3)C2)[nH]1. The number of aromatic amines is 1. The Morgan fingerprint density at radius 2 is 2.18 bits per heavy atom. The van der Waals surface area contributed by atoms with Gasteiger partial charge in [0.2, 0.25) is 0 Å². The van der Waals surface area contributed by atoms with Crippen LogP contribution in [0.25, 0.3) is 0 Å². The fourth-order valence-electron chi connectivity index (χ4n) is 2.95. The van der Waals surface area contributed by atoms with Crippen molar-refractivity contribution in [1.29, 1.82) is 0 Å². The molecule has 0 radical (unpaired) electrons. The number of benzene rings is 1. The van der Waals surface area contributed by atoms with Crippen LogP contribution in [-0.2, 0) is 0 Å². The number of H-pyrrole nitrogens is 1. The number of rotatable bonds is 5. The Morgan fingerprint density at radius 3 is 2.91 bits per heavy atom. The summed E-state index contributed by atoms with van der Waals surface area (Å²) in [6, 6.07) is 6.18. The number of aromatic nitrogens is 2. The number of nitrogens with one attached hydrogen (secondary N) is 1. The first-order valence-corrected chi connectivity index (χ1v) is 7.83. The van der Waals surface area contributed by atoms with Crippen LogP contribution < -0.4 is 4.74 Å². The Hall–Kier alpha value is -1.88. The third-order valence-electron chi connectivity index (χ3n) is 4.10. The lowest BCUT2D eigenvalue weighted by Gasteiger charge is -2.31. The number of piperidine rings is 1. The molecule has 0 saturated carbocycles. The summed E-state index contributed by atoms with van der Waals surface area (Å²) in [5.41, 5.74) is 1.12. The van der Waals surface area contributed by atoms with E-state index in [0.717, 1.165) is 36.9 Å². The van der Waals surface area contributed by atoms with Gasteiger partial charge in [-0.15, -0.1) is 0 Å². The molecule has 1 fully saturated rings. The molecule has 0 spiro atoms. The minimum Gasteiger partial charge on any atom is -0.492 e. The summed E-state index contributed by atoms with van der Waals surface area (Å²) < 4.78 is 18.5. The first-order chi connectivity index (χ1) is 10.7. The van der Waals surface area contributed by atoms with Crippen LogP contribution in [0.2, 0.25) is 0 Å². The van der Waals surface area contributed by atoms with E-state index in [1.807, 2.05) is 13.1 Å². The summed E-state index contributed by atoms with van der Waals surface area (Å²) in [4.78, 5) is 10.2. The van der Waals surface area contributed by atoms with Gasteiger partial charge in [-0.2, -0.15) is 0 Å². The lowest BCUT2D eigenvalue weighted by Crippen LogP contribution is -2.37. The Morgan fingerprint density at radius 1 is 1.36 bits per heavy atom. The van der Waals surface area contributed by atoms with Crippen molar-refractivity contribution in [1.82, 2.24) is 14.9 Å². The van der Waals surface area contributed by atoms with Crippen LogP contribution >= 0.6 is 0 Å². The van der Waals surface area contributed by atoms with Gasteiger partial charge in [0.15, 0.2) is 0 Å². The van der Waals surface area contributed by atoms with Crippen molar-refractivity contribution < 1.29 is 9.13 Å². The first-order valence-electron chi connectivity index (χ1n) is 7.83. The van der Waals surface area contributed by atoms with Crippen LogP contribution in [0.15, 0.2) is 30.5 Å². The molecule has 1 saturated heterocycles. The normalized spacial score (nSPS) is 19.3. The van der Waals surface area contributed by atoms with Crippen molar-refractivity contribution in [2.45, 2.75) is 25.7 Å². The predicted molar refractivity (Wildman–Crippen MR) is 83.6 cm³/mol. The Balaban J connectivity index is 1.47. The Kier molecular flexibility index (Phi) is 4.73. The zero-order valence-electron chi connectivity index (χ0n) is 12.9. The molecule has 5 heteroatoms. The monoisotopic (exact) mass is 303 g/mol. The van der Waals surface area contributed by atoms with Crippen molar-refractivity contribution in [2.24, 2.45) is 0 Å². The number of imidazole rings is 1. The molecule has 1 atom stereocenters. The van der Waals surface area contributed by atoms with E-state index in [4.69, 9.17) is 4.74 Å². The molecule has 1 aromatic heterocycles. The largest absolute Gasteiger partial charge is 0.492 e. The molecule has 22 heavy (non-hydrogen) atoms. The number of nitrogens with zero attached hydrogens (tertiary/aromatic N) is 2. The first kappa shape index (κ1) is 15.0. The van der Waals surface area contributed by atoms with Gasteiger partial charge >= 0.3 is 0 Å². The van der Waals surface area contributed by atoms with Gasteiger partial charge in [0.25, 0.3) is 0 Å². The molecular weight excluding hydrogens is 281 g/mol. The number of likely N-dealkylation sites (tertiary alicyclic amines) is 1. The zero-order chi connectivity index (χ0) is 15.4. The summed E-state index contributed by atoms with van der Waals surface area (Å²) in [6.45, 7) is 5.65. The van der Waals surface area contributed by atoms with Gasteiger partial charge in [0, 0.05) is 30.9 Å². The van der Waals surface area contributed by atoms with Gasteiger partial charge in [-0.05, 0) is 50.6 Å². The third-order valence-corrected chi connectivity index (χ3v) is 4.10. The quantitative estimate of drug-likeness (QED) is 0.922. The van der Waals surface area contributed by atoms with Crippen LogP contribution in [0.1, 0.15) is 30.3 Å². The summed E-state index contributed by atoms with van der Waals surface area (Å²) in [6.07, 6.45) is 4.26. The van der Waals surface area contributed by atoms with Crippen molar-refractivity contribution in [3.63, 3.8) is 0 Å². The fourth-order valence-corrected chi connectivity index (χ4v) is 2.95. The third kappa shape index (κ3) is 3.85. The van der Waals surface area contributed by atoms with Crippen molar-refractivity contribution >= 4 is 0 Å². The van der Waals surface area contributed by atoms with E-state index in [1.54, 1.807) is 12.1 Å². The minimum absolute atomic E-state index is 0.236. The molecular formula is C17H22FN3O. The van der Waals surface area contributed by atoms with E-state index >= 15 is 0 Å². The van der Waals surface area contributed by atoms with Gasteiger partial charge in [0.05, 0.1) is 0 Å². The average molecular weight is 303 g/mol. The maximum Gasteiger partial charge on any atom is 0.123 e. The molecule has 0 bridgehead atoms. The fraction of sp³-hybridized carbons (Fsp3) is 0.471. The smallest absolute Gasteiger partial charge is 0.123 e. The van der Waals surface area contributed by atoms with Gasteiger partial charge in [0.1, 0.15) is 24.0 Å². The number of aryl methyl sites for hydroxylation is 1. The molecule has 2 heterocycles. The van der Waals surface area contributed by atoms with Crippen LogP contribution in [0.5, 0.6) is 5.75 Å². The molecule has 0 aliphatic carbocycles. The highest BCUT2D eigenvalue weighted by Gasteiger charge is 2.23. The number of ether oxygens (including phenoxy) is 1. The lowest BCUT2D eigenvalue weighted by molar-refractivity contribution is 0.168. The molecule has 1 N–H and O–H groups in total. The minimum atomic E-state index is -0.236. The molecule has 1 aliphatic rings. The second-order valence-electron chi connectivity index (χ2n) is 5.89. The van der Waals surface area contributed by atoms with Gasteiger partial charge < -0.3 is 9.72 Å². The lowest BCUT2D eigenvalue weighted by atomic mass is 9.97. The van der Waals surface area contributed by atoms with Crippen LogP contribution in [0.4, 0.5) is 4.39 Å². The summed E-state index contributed by atoms with van der Waals surface area (Å²) in [5, 5.41) is 0. The van der Waals surface area contributed by atoms with E-state index in [-0.39, 0.29) is 5.82 Å². The van der Waals surface area contributed by atoms with Gasteiger partial charge in [-0.3, -0.25) is 4.90 Å². The zero-order valence-corrected chi connectivity index (χ0v) is 12.9. The predicted octanol–water partition coefficient (Wildman–Crippen LogP) is 3.12. The maximum atomic E-state index is 12.8. The highest BCUT2D eigenvalue weighted by Crippen LogP contribution is 2.24. The average Bonchev–Trinajstić information content (AvgIpc) is 2.96. The van der Waals surface area contributed by atoms with Gasteiger partial charge in [-0.1, -0.05) is 0 Å². The van der Waals surface area contributed by atoms with Crippen molar-refractivity contribution in [3.05, 3.63) is 47.8 Å². The standard InChI is InChI=1S/C17H22FN3O/c1-13-11-19-17(20-13)14-3-2-8-21(12-14)9-10-22-16-6-4-15(18)5-7-16/h4-7,11,14H,2-3,8-10,12H2,1H3,(H,19,20). The number of hydrogen-bond acceptors (Lipinski definition) is 3. The molecule has 1 aromatic carbocycles. The van der Waals surface area contributed by atoms with Crippen LogP contribution in [0, 0.1) is 12.7 Å². The number of hydrogen-bond donors (Lipinski definition) is 1. The second kappa shape index (κ2) is 6.92. The summed E-state index contributed by atoms with van der Waals surface area (Å²) >= 11 is 0. The van der Waals surface area contributed by atoms with Gasteiger partial charge in [-0.25, -0.2) is 9.37 Å². The molecule has 0 amide bonds. The summed E-state index contributed by atoms with van der Waals surface area (Å²) in [5.74, 6) is 2.06. The Bertz CT molecular complexity index is 596. The maximum absolute atomic E-state index is 12.8. The molecule has 1 unspecified atom stereocenters. The van der Waals surface area contributed by atoms with Crippen molar-refractivity contribution in [2.75, 3.05) is 26.2 Å². The molecule has 118 valence electrons. The second-order valence-corrected chi connectivity index (χ2v) is 5.89. The highest BCUT2D eigenvalue weighted by atomic mass is 19.1. The highest BCUT2D eigenvalue weighted by molar-refractivity contribution is 5.22. The molecule has 4 nitrogen and oxygen atoms in total. The van der Waals surface area contributed by atoms with Crippen LogP contribution in [0.3, 0.4) is 0 Å². The van der Waals surface area contributed by atoms with E-state index in [9.17, 15) is 4.39 Å². The number of halogens is 1. The molecule has 2 aromatic rings. The van der Waals surface area contributed by atoms with E-state index in [0.29, 0.717) is 12.5 Å². The van der Waals surface area contributed by atoms with E-state index in [1.165, 1.54) is 25.0 Å². The topological polar surface area (TPSA) is 41.2 Å². The molecule has 1 aliphatic heterocycles. The molecule has 3 rings (SSSR count).